The highest BCUT2D eigenvalue weighted by atomic mass is 16.6. The summed E-state index contributed by atoms with van der Waals surface area (Å²) < 4.78 is 35.7. The molecule has 0 amide bonds. The maximum atomic E-state index is 9.65. The number of hydrogen-bond acceptors (Lipinski definition) is 13. The standard InChI is InChI=1S/C36H57N7O7/c1-2-30-28-40-43-33(25-34(41-36(30)43)42-13-4-3-5-31(42)10-14-44)38-26-29-6-7-35(39-27-29)50-24-22-48-20-18-46-16-15-45-17-19-47-21-23-49-32-8-11-37-12-9-32/h6-7,25,27-28,31-32,37-38,44H,2-5,8-24,26H2,1H3/t31-/m0/s1. The molecular weight excluding hydrogens is 642 g/mol. The monoisotopic (exact) mass is 699 g/mol. The van der Waals surface area contributed by atoms with Gasteiger partial charge in [-0.05, 0) is 63.6 Å². The van der Waals surface area contributed by atoms with Gasteiger partial charge in [0.15, 0.2) is 5.65 Å². The van der Waals surface area contributed by atoms with Crippen molar-refractivity contribution < 1.29 is 33.5 Å². The van der Waals surface area contributed by atoms with E-state index in [0.29, 0.717) is 90.6 Å². The first-order chi connectivity index (χ1) is 24.7. The van der Waals surface area contributed by atoms with Gasteiger partial charge >= 0.3 is 0 Å². The smallest absolute Gasteiger partial charge is 0.213 e. The van der Waals surface area contributed by atoms with Crippen LogP contribution in [0.3, 0.4) is 0 Å². The molecule has 3 aromatic heterocycles. The van der Waals surface area contributed by atoms with Crippen molar-refractivity contribution in [1.82, 2.24) is 24.9 Å². The fraction of sp³-hybridized carbons (Fsp3) is 0.694. The summed E-state index contributed by atoms with van der Waals surface area (Å²) in [5.41, 5.74) is 3.00. The third-order valence-electron chi connectivity index (χ3n) is 9.03. The quantitative estimate of drug-likeness (QED) is 0.118. The van der Waals surface area contributed by atoms with Crippen molar-refractivity contribution >= 4 is 17.3 Å². The number of aryl methyl sites for hydroxylation is 1. The highest BCUT2D eigenvalue weighted by Gasteiger charge is 2.25. The number of anilines is 2. The Morgan fingerprint density at radius 3 is 2.28 bits per heavy atom. The molecule has 0 unspecified atom stereocenters. The molecule has 0 aromatic carbocycles. The van der Waals surface area contributed by atoms with E-state index in [1.807, 2.05) is 29.0 Å². The molecule has 2 fully saturated rings. The van der Waals surface area contributed by atoms with Crippen LogP contribution in [-0.2, 0) is 36.6 Å². The largest absolute Gasteiger partial charge is 0.475 e. The molecule has 278 valence electrons. The van der Waals surface area contributed by atoms with E-state index >= 15 is 0 Å². The third kappa shape index (κ3) is 12.3. The second kappa shape index (κ2) is 22.0. The van der Waals surface area contributed by atoms with Gasteiger partial charge in [0.1, 0.15) is 18.2 Å². The number of pyridine rings is 1. The summed E-state index contributed by atoms with van der Waals surface area (Å²) >= 11 is 0. The number of aliphatic hydroxyl groups is 1. The minimum Gasteiger partial charge on any atom is -0.475 e. The Labute approximate surface area is 296 Å². The van der Waals surface area contributed by atoms with Crippen LogP contribution in [0.2, 0.25) is 0 Å². The van der Waals surface area contributed by atoms with Crippen LogP contribution < -0.4 is 20.3 Å². The average Bonchev–Trinajstić information content (AvgIpc) is 3.58. The van der Waals surface area contributed by atoms with Crippen molar-refractivity contribution in [3.05, 3.63) is 41.7 Å². The first-order valence-electron chi connectivity index (χ1n) is 18.4. The van der Waals surface area contributed by atoms with E-state index in [9.17, 15) is 5.11 Å². The van der Waals surface area contributed by atoms with Gasteiger partial charge in [0.05, 0.1) is 71.8 Å². The molecule has 3 aromatic rings. The third-order valence-corrected chi connectivity index (χ3v) is 9.03. The van der Waals surface area contributed by atoms with Crippen molar-refractivity contribution in [3.8, 4) is 5.88 Å². The lowest BCUT2D eigenvalue weighted by Crippen LogP contribution is -2.40. The van der Waals surface area contributed by atoms with Gasteiger partial charge in [-0.3, -0.25) is 0 Å². The normalized spacial score (nSPS) is 17.1. The predicted octanol–water partition coefficient (Wildman–Crippen LogP) is 3.25. The molecule has 2 aliphatic rings. The second-order valence-electron chi connectivity index (χ2n) is 12.6. The highest BCUT2D eigenvalue weighted by Crippen LogP contribution is 2.29. The summed E-state index contributed by atoms with van der Waals surface area (Å²) in [6, 6.07) is 6.25. The van der Waals surface area contributed by atoms with Crippen LogP contribution in [0.1, 0.15) is 56.6 Å². The first-order valence-corrected chi connectivity index (χ1v) is 18.4. The number of piperidine rings is 2. The molecule has 50 heavy (non-hydrogen) atoms. The maximum absolute atomic E-state index is 9.65. The zero-order chi connectivity index (χ0) is 34.6. The molecule has 2 saturated heterocycles. The second-order valence-corrected chi connectivity index (χ2v) is 12.6. The SMILES string of the molecule is CCc1cnn2c(NCc3ccc(OCCOCCOCCOCCOCCOC4CCNCC4)nc3)cc(N3CCCC[C@H]3CCO)nc12. The van der Waals surface area contributed by atoms with Gasteiger partial charge in [-0.2, -0.15) is 9.61 Å². The van der Waals surface area contributed by atoms with E-state index in [0.717, 1.165) is 86.6 Å². The van der Waals surface area contributed by atoms with Crippen molar-refractivity contribution in [2.75, 3.05) is 103 Å². The van der Waals surface area contributed by atoms with Gasteiger partial charge in [-0.25, -0.2) is 9.97 Å². The molecule has 1 atom stereocenters. The van der Waals surface area contributed by atoms with Crippen LogP contribution in [-0.4, -0.2) is 129 Å². The lowest BCUT2D eigenvalue weighted by Gasteiger charge is -2.36. The number of nitrogens with one attached hydrogen (secondary N) is 2. The Morgan fingerprint density at radius 2 is 1.60 bits per heavy atom. The van der Waals surface area contributed by atoms with Crippen LogP contribution in [0.5, 0.6) is 5.88 Å². The number of nitrogens with zero attached hydrogens (tertiary/aromatic N) is 5. The van der Waals surface area contributed by atoms with Gasteiger partial charge in [0.2, 0.25) is 5.88 Å². The fourth-order valence-corrected chi connectivity index (χ4v) is 6.27. The Hall–Kier alpha value is -3.11. The molecule has 0 bridgehead atoms. The molecule has 5 heterocycles. The van der Waals surface area contributed by atoms with Gasteiger partial charge in [0, 0.05) is 49.6 Å². The summed E-state index contributed by atoms with van der Waals surface area (Å²) in [4.78, 5) is 11.9. The molecule has 0 spiro atoms. The van der Waals surface area contributed by atoms with Crippen molar-refractivity contribution in [1.29, 1.82) is 0 Å². The Morgan fingerprint density at radius 1 is 0.880 bits per heavy atom. The van der Waals surface area contributed by atoms with Crippen LogP contribution in [0, 0.1) is 0 Å². The van der Waals surface area contributed by atoms with Crippen LogP contribution >= 0.6 is 0 Å². The fourth-order valence-electron chi connectivity index (χ4n) is 6.27. The molecule has 3 N–H and O–H groups in total. The van der Waals surface area contributed by atoms with E-state index in [1.54, 1.807) is 0 Å². The lowest BCUT2D eigenvalue weighted by molar-refractivity contribution is -0.0284. The highest BCUT2D eigenvalue weighted by molar-refractivity contribution is 5.61. The average molecular weight is 700 g/mol. The van der Waals surface area contributed by atoms with Crippen molar-refractivity contribution in [3.63, 3.8) is 0 Å². The Balaban J connectivity index is 0.921. The first kappa shape index (κ1) is 38.1. The number of aromatic nitrogens is 4. The van der Waals surface area contributed by atoms with Gasteiger partial charge in [-0.1, -0.05) is 13.0 Å². The van der Waals surface area contributed by atoms with Gasteiger partial charge in [0.25, 0.3) is 0 Å². The predicted molar refractivity (Wildman–Crippen MR) is 191 cm³/mol. The number of ether oxygens (including phenoxy) is 6. The van der Waals surface area contributed by atoms with Gasteiger partial charge < -0.3 is 49.1 Å². The zero-order valence-electron chi connectivity index (χ0n) is 29.7. The minimum atomic E-state index is 0.181. The van der Waals surface area contributed by atoms with Gasteiger partial charge in [-0.15, -0.1) is 0 Å². The van der Waals surface area contributed by atoms with E-state index < -0.39 is 0 Å². The number of rotatable bonds is 24. The molecule has 0 aliphatic carbocycles. The number of fused-ring (bicyclic) bond motifs is 1. The topological polar surface area (TPSA) is 146 Å². The number of hydrogen-bond donors (Lipinski definition) is 3. The van der Waals surface area contributed by atoms with Crippen molar-refractivity contribution in [2.45, 2.75) is 70.6 Å². The van der Waals surface area contributed by atoms with Crippen LogP contribution in [0.4, 0.5) is 11.6 Å². The van der Waals surface area contributed by atoms with Crippen molar-refractivity contribution in [2.24, 2.45) is 0 Å². The zero-order valence-corrected chi connectivity index (χ0v) is 29.7. The van der Waals surface area contributed by atoms with Crippen LogP contribution in [0.15, 0.2) is 30.6 Å². The minimum absolute atomic E-state index is 0.181. The van der Waals surface area contributed by atoms with Crippen LogP contribution in [0.25, 0.3) is 5.65 Å². The number of aliphatic hydroxyl groups excluding tert-OH is 1. The summed E-state index contributed by atoms with van der Waals surface area (Å²) in [6.07, 6.45) is 11.2. The maximum Gasteiger partial charge on any atom is 0.213 e. The summed E-state index contributed by atoms with van der Waals surface area (Å²) in [7, 11) is 0. The summed E-state index contributed by atoms with van der Waals surface area (Å²) in [5, 5.41) is 21.2. The molecule has 5 rings (SSSR count). The molecule has 14 heteroatoms. The molecular formula is C36H57N7O7. The molecule has 2 aliphatic heterocycles. The Kier molecular flexibility index (Phi) is 16.7. The van der Waals surface area contributed by atoms with E-state index in [1.165, 1.54) is 6.42 Å². The van der Waals surface area contributed by atoms with E-state index in [4.69, 9.17) is 33.4 Å². The van der Waals surface area contributed by atoms with E-state index in [2.05, 4.69) is 38.6 Å². The summed E-state index contributed by atoms with van der Waals surface area (Å²) in [6.45, 7) is 11.1. The summed E-state index contributed by atoms with van der Waals surface area (Å²) in [5.74, 6) is 2.36. The van der Waals surface area contributed by atoms with E-state index in [-0.39, 0.29) is 6.61 Å². The molecule has 0 radical (unpaired) electrons. The molecule has 0 saturated carbocycles. The lowest BCUT2D eigenvalue weighted by atomic mass is 9.99. The Bertz CT molecular complexity index is 1350. The molecule has 14 nitrogen and oxygen atoms in total.